The Morgan fingerprint density at radius 3 is 2.37 bits per heavy atom. The molecule has 1 aliphatic heterocycles. The highest BCUT2D eigenvalue weighted by Crippen LogP contribution is 2.30. The standard InChI is InChI=1S/C22H16I2N2O4/c1-4-7-30-19-17(23)10-14(11-18(19)24)9-16-20(27)25-22(29)26(21(16)28)15-6-5-12(2)13(3)8-15/h1,5-6,8-11H,7H2,2-3H3,(H,25,27,29)/b16-9+. The molecule has 6 nitrogen and oxygen atoms in total. The van der Waals surface area contributed by atoms with Crippen LogP contribution in [0, 0.1) is 33.3 Å². The highest BCUT2D eigenvalue weighted by atomic mass is 127. The molecule has 0 spiro atoms. The monoisotopic (exact) mass is 626 g/mol. The number of hydrogen-bond acceptors (Lipinski definition) is 4. The first-order valence-corrected chi connectivity index (χ1v) is 10.9. The molecule has 0 radical (unpaired) electrons. The maximum Gasteiger partial charge on any atom is 0.335 e. The molecule has 1 heterocycles. The van der Waals surface area contributed by atoms with Crippen LogP contribution >= 0.6 is 45.2 Å². The van der Waals surface area contributed by atoms with Gasteiger partial charge in [0.25, 0.3) is 11.8 Å². The van der Waals surface area contributed by atoms with Crippen LogP contribution in [0.15, 0.2) is 35.9 Å². The molecule has 0 aliphatic carbocycles. The molecule has 30 heavy (non-hydrogen) atoms. The van der Waals surface area contributed by atoms with E-state index in [0.717, 1.165) is 23.2 Å². The predicted molar refractivity (Wildman–Crippen MR) is 131 cm³/mol. The Kier molecular flexibility index (Phi) is 6.82. The molecule has 0 saturated carbocycles. The van der Waals surface area contributed by atoms with Crippen molar-refractivity contribution in [3.63, 3.8) is 0 Å². The first-order valence-electron chi connectivity index (χ1n) is 8.77. The maximum atomic E-state index is 13.1. The second-order valence-corrected chi connectivity index (χ2v) is 8.86. The molecule has 4 amide bonds. The lowest BCUT2D eigenvalue weighted by molar-refractivity contribution is -0.122. The molecule has 3 rings (SSSR count). The van der Waals surface area contributed by atoms with Crippen molar-refractivity contribution in [2.45, 2.75) is 13.8 Å². The highest BCUT2D eigenvalue weighted by molar-refractivity contribution is 14.1. The Hall–Kier alpha value is -2.39. The zero-order valence-corrected chi connectivity index (χ0v) is 20.4. The van der Waals surface area contributed by atoms with Crippen molar-refractivity contribution >= 4 is 74.8 Å². The Morgan fingerprint density at radius 2 is 1.77 bits per heavy atom. The normalized spacial score (nSPS) is 15.2. The van der Waals surface area contributed by atoms with E-state index in [4.69, 9.17) is 11.2 Å². The number of carbonyl (C=O) groups is 3. The van der Waals surface area contributed by atoms with Gasteiger partial charge in [-0.2, -0.15) is 0 Å². The van der Waals surface area contributed by atoms with Crippen molar-refractivity contribution in [2.75, 3.05) is 11.5 Å². The minimum atomic E-state index is -0.771. The molecule has 1 fully saturated rings. The lowest BCUT2D eigenvalue weighted by Crippen LogP contribution is -2.54. The Balaban J connectivity index is 2.00. The molecule has 1 saturated heterocycles. The van der Waals surface area contributed by atoms with Crippen LogP contribution in [0.5, 0.6) is 5.75 Å². The van der Waals surface area contributed by atoms with Crippen molar-refractivity contribution in [3.8, 4) is 18.1 Å². The van der Waals surface area contributed by atoms with Crippen molar-refractivity contribution in [1.82, 2.24) is 5.32 Å². The van der Waals surface area contributed by atoms with Gasteiger partial charge in [0.15, 0.2) is 0 Å². The molecule has 152 valence electrons. The molecular weight excluding hydrogens is 610 g/mol. The SMILES string of the molecule is C#CCOc1c(I)cc(/C=C2\C(=O)NC(=O)N(c3ccc(C)c(C)c3)C2=O)cc1I. The molecule has 0 aromatic heterocycles. The Labute approximate surface area is 201 Å². The summed E-state index contributed by atoms with van der Waals surface area (Å²) in [7, 11) is 0. The van der Waals surface area contributed by atoms with Crippen LogP contribution in [0.4, 0.5) is 10.5 Å². The zero-order chi connectivity index (χ0) is 22.0. The van der Waals surface area contributed by atoms with Crippen LogP contribution in [0.1, 0.15) is 16.7 Å². The summed E-state index contributed by atoms with van der Waals surface area (Å²) in [5, 5.41) is 2.24. The number of aryl methyl sites for hydroxylation is 2. The number of anilines is 1. The molecule has 1 N–H and O–H groups in total. The third-order valence-electron chi connectivity index (χ3n) is 4.48. The number of nitrogens with zero attached hydrogens (tertiary/aromatic N) is 1. The zero-order valence-electron chi connectivity index (χ0n) is 16.1. The molecule has 0 atom stereocenters. The molecule has 2 aromatic rings. The van der Waals surface area contributed by atoms with Gasteiger partial charge in [0, 0.05) is 0 Å². The average molecular weight is 626 g/mol. The van der Waals surface area contributed by atoms with Gasteiger partial charge in [-0.3, -0.25) is 14.9 Å². The number of imide groups is 2. The molecule has 8 heteroatoms. The van der Waals surface area contributed by atoms with Crippen LogP contribution in [-0.2, 0) is 9.59 Å². The molecular formula is C22H16I2N2O4. The molecule has 0 bridgehead atoms. The van der Waals surface area contributed by atoms with E-state index in [9.17, 15) is 14.4 Å². The predicted octanol–water partition coefficient (Wildman–Crippen LogP) is 4.19. The van der Waals surface area contributed by atoms with Crippen LogP contribution in [-0.4, -0.2) is 24.5 Å². The molecule has 0 unspecified atom stereocenters. The van der Waals surface area contributed by atoms with E-state index in [1.807, 2.05) is 19.9 Å². The lowest BCUT2D eigenvalue weighted by atomic mass is 10.1. The number of barbiturate groups is 1. The van der Waals surface area contributed by atoms with Crippen LogP contribution < -0.4 is 15.0 Å². The van der Waals surface area contributed by atoms with Crippen molar-refractivity contribution in [2.24, 2.45) is 0 Å². The minimum Gasteiger partial charge on any atom is -0.479 e. The number of halogens is 2. The van der Waals surface area contributed by atoms with Crippen molar-refractivity contribution in [1.29, 1.82) is 0 Å². The van der Waals surface area contributed by atoms with Gasteiger partial charge in [0.05, 0.1) is 12.8 Å². The van der Waals surface area contributed by atoms with Gasteiger partial charge >= 0.3 is 6.03 Å². The lowest BCUT2D eigenvalue weighted by Gasteiger charge is -2.27. The first kappa shape index (κ1) is 22.3. The van der Waals surface area contributed by atoms with Crippen LogP contribution in [0.25, 0.3) is 6.08 Å². The van der Waals surface area contributed by atoms with E-state index in [-0.39, 0.29) is 12.2 Å². The van der Waals surface area contributed by atoms with Gasteiger partial charge in [-0.25, -0.2) is 9.69 Å². The number of urea groups is 1. The summed E-state index contributed by atoms with van der Waals surface area (Å²) >= 11 is 4.20. The minimum absolute atomic E-state index is 0.128. The molecule has 2 aromatic carbocycles. The van der Waals surface area contributed by atoms with Crippen LogP contribution in [0.3, 0.4) is 0 Å². The number of amides is 4. The smallest absolute Gasteiger partial charge is 0.335 e. The average Bonchev–Trinajstić information content (AvgIpc) is 2.67. The van der Waals surface area contributed by atoms with Crippen LogP contribution in [0.2, 0.25) is 0 Å². The Morgan fingerprint density at radius 1 is 1.10 bits per heavy atom. The summed E-state index contributed by atoms with van der Waals surface area (Å²) in [6.07, 6.45) is 6.71. The summed E-state index contributed by atoms with van der Waals surface area (Å²) in [5.74, 6) is 1.65. The van der Waals surface area contributed by atoms with E-state index in [2.05, 4.69) is 56.4 Å². The van der Waals surface area contributed by atoms with Gasteiger partial charge in [-0.15, -0.1) is 6.42 Å². The topological polar surface area (TPSA) is 75.7 Å². The van der Waals surface area contributed by atoms with Gasteiger partial charge in [0.2, 0.25) is 0 Å². The summed E-state index contributed by atoms with van der Waals surface area (Å²) in [6, 6.07) is 8.02. The quantitative estimate of drug-likeness (QED) is 0.239. The third-order valence-corrected chi connectivity index (χ3v) is 6.08. The van der Waals surface area contributed by atoms with Crippen molar-refractivity contribution < 1.29 is 19.1 Å². The largest absolute Gasteiger partial charge is 0.479 e. The summed E-state index contributed by atoms with van der Waals surface area (Å²) in [6.45, 7) is 3.97. The third kappa shape index (κ3) is 4.52. The van der Waals surface area contributed by atoms with E-state index >= 15 is 0 Å². The fourth-order valence-electron chi connectivity index (χ4n) is 2.84. The van der Waals surface area contributed by atoms with E-state index in [1.165, 1.54) is 6.08 Å². The number of nitrogens with one attached hydrogen (secondary N) is 1. The van der Waals surface area contributed by atoms with Crippen molar-refractivity contribution in [3.05, 3.63) is 59.7 Å². The summed E-state index contributed by atoms with van der Waals surface area (Å²) < 4.78 is 7.11. The number of hydrogen-bond donors (Lipinski definition) is 1. The Bertz CT molecular complexity index is 1130. The highest BCUT2D eigenvalue weighted by Gasteiger charge is 2.37. The maximum absolute atomic E-state index is 13.1. The number of carbonyl (C=O) groups excluding carboxylic acids is 3. The number of benzene rings is 2. The van der Waals surface area contributed by atoms with Gasteiger partial charge < -0.3 is 4.74 Å². The second-order valence-electron chi connectivity index (χ2n) is 6.53. The fraction of sp³-hybridized carbons (Fsp3) is 0.136. The number of terminal acetylenes is 1. The van der Waals surface area contributed by atoms with E-state index in [0.29, 0.717) is 17.0 Å². The fourth-order valence-corrected chi connectivity index (χ4v) is 4.97. The first-order chi connectivity index (χ1) is 14.2. The summed E-state index contributed by atoms with van der Waals surface area (Å²) in [5.41, 5.74) is 2.87. The van der Waals surface area contributed by atoms with E-state index < -0.39 is 17.8 Å². The number of ether oxygens (including phenoxy) is 1. The second kappa shape index (κ2) is 9.18. The van der Waals surface area contributed by atoms with E-state index in [1.54, 1.807) is 24.3 Å². The molecule has 1 aliphatic rings. The van der Waals surface area contributed by atoms with Gasteiger partial charge in [-0.05, 0) is 106 Å². The van der Waals surface area contributed by atoms with Gasteiger partial charge in [0.1, 0.15) is 17.9 Å². The summed E-state index contributed by atoms with van der Waals surface area (Å²) in [4.78, 5) is 38.8. The number of rotatable bonds is 4. The van der Waals surface area contributed by atoms with Gasteiger partial charge in [-0.1, -0.05) is 12.0 Å².